The van der Waals surface area contributed by atoms with Gasteiger partial charge >= 0.3 is 0 Å². The molecule has 2 aliphatic rings. The summed E-state index contributed by atoms with van der Waals surface area (Å²) in [5, 5.41) is 3.95. The normalized spacial score (nSPS) is 18.2. The van der Waals surface area contributed by atoms with Gasteiger partial charge in [-0.1, -0.05) is 34.8 Å². The maximum Gasteiger partial charge on any atom is 0.267 e. The van der Waals surface area contributed by atoms with Crippen LogP contribution >= 0.6 is 11.5 Å². The minimum absolute atomic E-state index is 0.0319. The molecule has 9 heteroatoms. The number of carbonyl (C=O) groups excluding carboxylic acids is 2. The molecular formula is C23H24N6O2S. The van der Waals surface area contributed by atoms with Gasteiger partial charge in [0.25, 0.3) is 5.91 Å². The third-order valence-electron chi connectivity index (χ3n) is 6.22. The molecule has 0 saturated carbocycles. The second kappa shape index (κ2) is 8.38. The summed E-state index contributed by atoms with van der Waals surface area (Å²) in [6.07, 6.45) is 1.93. The van der Waals surface area contributed by atoms with E-state index in [1.165, 1.54) is 0 Å². The van der Waals surface area contributed by atoms with E-state index in [-0.39, 0.29) is 17.7 Å². The maximum absolute atomic E-state index is 12.9. The van der Waals surface area contributed by atoms with Crippen LogP contribution in [0.5, 0.6) is 0 Å². The molecule has 1 unspecified atom stereocenters. The molecule has 4 heterocycles. The molecule has 0 spiro atoms. The quantitative estimate of drug-likeness (QED) is 0.609. The lowest BCUT2D eigenvalue weighted by atomic mass is 10.0. The first-order valence-electron chi connectivity index (χ1n) is 10.8. The van der Waals surface area contributed by atoms with Gasteiger partial charge in [0.1, 0.15) is 16.5 Å². The molecule has 1 fully saturated rings. The Morgan fingerprint density at radius 1 is 1.12 bits per heavy atom. The van der Waals surface area contributed by atoms with Gasteiger partial charge in [0.05, 0.1) is 12.2 Å². The summed E-state index contributed by atoms with van der Waals surface area (Å²) in [7, 11) is 0. The van der Waals surface area contributed by atoms with Crippen molar-refractivity contribution >= 4 is 29.2 Å². The Labute approximate surface area is 190 Å². The summed E-state index contributed by atoms with van der Waals surface area (Å²) in [6, 6.07) is 9.97. The van der Waals surface area contributed by atoms with Crippen molar-refractivity contribution in [2.24, 2.45) is 0 Å². The highest BCUT2D eigenvalue weighted by atomic mass is 32.1. The molecule has 2 amide bonds. The van der Waals surface area contributed by atoms with Gasteiger partial charge in [0.2, 0.25) is 5.91 Å². The van der Waals surface area contributed by atoms with Crippen LogP contribution in [0.3, 0.4) is 0 Å². The number of hydrogen-bond acceptors (Lipinski definition) is 7. The standard InChI is InChI=1S/C23H24N6O2S/c1-14-18-8-9-19(30)29(12-16-6-4-3-5-7-16)22(18)25-21(24-14)17-10-11-28(13-17)23(31)20-15(2)26-27-32-20/h3-7,17H,8-13H2,1-2H3. The average Bonchev–Trinajstić information content (AvgIpc) is 3.45. The second-order valence-corrected chi connectivity index (χ2v) is 9.11. The zero-order chi connectivity index (χ0) is 22.2. The molecule has 32 heavy (non-hydrogen) atoms. The van der Waals surface area contributed by atoms with E-state index >= 15 is 0 Å². The number of amides is 2. The van der Waals surface area contributed by atoms with Gasteiger partial charge in [0, 0.05) is 36.7 Å². The van der Waals surface area contributed by atoms with E-state index in [4.69, 9.17) is 9.97 Å². The zero-order valence-corrected chi connectivity index (χ0v) is 18.9. The maximum atomic E-state index is 12.9. The van der Waals surface area contributed by atoms with Crippen LogP contribution in [0.1, 0.15) is 56.8 Å². The fraction of sp³-hybridized carbons (Fsp3) is 0.391. The molecule has 1 aromatic carbocycles. The number of fused-ring (bicyclic) bond motifs is 1. The third kappa shape index (κ3) is 3.77. The smallest absolute Gasteiger partial charge is 0.267 e. The first kappa shape index (κ1) is 20.7. The SMILES string of the molecule is Cc1nnsc1C(=O)N1CCC(c2nc(C)c3c(n2)N(Cc2ccccc2)C(=O)CC3)C1. The number of benzene rings is 1. The molecule has 2 aromatic heterocycles. The highest BCUT2D eigenvalue weighted by Gasteiger charge is 2.34. The fourth-order valence-electron chi connectivity index (χ4n) is 4.44. The van der Waals surface area contributed by atoms with Crippen molar-refractivity contribution < 1.29 is 9.59 Å². The van der Waals surface area contributed by atoms with Crippen molar-refractivity contribution in [2.45, 2.75) is 45.6 Å². The predicted octanol–water partition coefficient (Wildman–Crippen LogP) is 3.05. The lowest BCUT2D eigenvalue weighted by molar-refractivity contribution is -0.119. The second-order valence-electron chi connectivity index (χ2n) is 8.36. The molecule has 8 nitrogen and oxygen atoms in total. The molecule has 5 rings (SSSR count). The number of hydrogen-bond donors (Lipinski definition) is 0. The highest BCUT2D eigenvalue weighted by molar-refractivity contribution is 7.07. The van der Waals surface area contributed by atoms with Gasteiger partial charge in [-0.05, 0) is 43.8 Å². The summed E-state index contributed by atoms with van der Waals surface area (Å²) < 4.78 is 3.88. The Morgan fingerprint density at radius 3 is 2.69 bits per heavy atom. The molecule has 1 saturated heterocycles. The molecule has 0 bridgehead atoms. The van der Waals surface area contributed by atoms with E-state index in [2.05, 4.69) is 9.59 Å². The molecule has 1 atom stereocenters. The molecule has 3 aromatic rings. The Morgan fingerprint density at radius 2 is 1.94 bits per heavy atom. The van der Waals surface area contributed by atoms with Crippen LogP contribution in [-0.2, 0) is 17.8 Å². The van der Waals surface area contributed by atoms with E-state index in [1.54, 1.807) is 11.8 Å². The van der Waals surface area contributed by atoms with Crippen molar-refractivity contribution in [1.29, 1.82) is 0 Å². The number of aromatic nitrogens is 4. The summed E-state index contributed by atoms with van der Waals surface area (Å²) in [5.74, 6) is 1.53. The van der Waals surface area contributed by atoms with Gasteiger partial charge in [-0.15, -0.1) is 5.10 Å². The summed E-state index contributed by atoms with van der Waals surface area (Å²) in [6.45, 7) is 5.49. The van der Waals surface area contributed by atoms with Gasteiger partial charge in [-0.25, -0.2) is 9.97 Å². The molecule has 164 valence electrons. The van der Waals surface area contributed by atoms with Crippen molar-refractivity contribution in [3.63, 3.8) is 0 Å². The number of aryl methyl sites for hydroxylation is 2. The van der Waals surface area contributed by atoms with Crippen LogP contribution in [0, 0.1) is 13.8 Å². The predicted molar refractivity (Wildman–Crippen MR) is 121 cm³/mol. The van der Waals surface area contributed by atoms with Crippen LogP contribution < -0.4 is 4.90 Å². The van der Waals surface area contributed by atoms with Crippen molar-refractivity contribution in [2.75, 3.05) is 18.0 Å². The minimum Gasteiger partial charge on any atom is -0.337 e. The highest BCUT2D eigenvalue weighted by Crippen LogP contribution is 2.33. The van der Waals surface area contributed by atoms with Crippen LogP contribution in [0.25, 0.3) is 0 Å². The third-order valence-corrected chi connectivity index (χ3v) is 7.04. The Balaban J connectivity index is 1.42. The summed E-state index contributed by atoms with van der Waals surface area (Å²) >= 11 is 1.14. The largest absolute Gasteiger partial charge is 0.337 e. The van der Waals surface area contributed by atoms with Crippen LogP contribution in [0.15, 0.2) is 30.3 Å². The minimum atomic E-state index is -0.0319. The van der Waals surface area contributed by atoms with E-state index in [0.717, 1.165) is 40.6 Å². The summed E-state index contributed by atoms with van der Waals surface area (Å²) in [4.78, 5) is 39.6. The first-order valence-corrected chi connectivity index (χ1v) is 11.6. The Kier molecular flexibility index (Phi) is 5.42. The average molecular weight is 449 g/mol. The number of carbonyl (C=O) groups is 2. The Hall–Kier alpha value is -3.20. The van der Waals surface area contributed by atoms with Gasteiger partial charge in [-0.2, -0.15) is 0 Å². The van der Waals surface area contributed by atoms with Crippen LogP contribution in [0.2, 0.25) is 0 Å². The monoisotopic (exact) mass is 448 g/mol. The molecule has 2 aliphatic heterocycles. The first-order chi connectivity index (χ1) is 15.5. The van der Waals surface area contributed by atoms with Crippen LogP contribution in [-0.4, -0.2) is 49.4 Å². The van der Waals surface area contributed by atoms with Gasteiger partial charge in [-0.3, -0.25) is 14.5 Å². The van der Waals surface area contributed by atoms with Crippen molar-refractivity contribution in [3.8, 4) is 0 Å². The lowest BCUT2D eigenvalue weighted by Crippen LogP contribution is -2.36. The molecule has 0 aliphatic carbocycles. The van der Waals surface area contributed by atoms with E-state index < -0.39 is 0 Å². The molecule has 0 radical (unpaired) electrons. The number of anilines is 1. The number of rotatable bonds is 4. The lowest BCUT2D eigenvalue weighted by Gasteiger charge is -2.30. The molecule has 0 N–H and O–H groups in total. The van der Waals surface area contributed by atoms with Crippen molar-refractivity contribution in [1.82, 2.24) is 24.5 Å². The van der Waals surface area contributed by atoms with Crippen LogP contribution in [0.4, 0.5) is 5.82 Å². The topological polar surface area (TPSA) is 92.2 Å². The number of nitrogens with zero attached hydrogens (tertiary/aromatic N) is 6. The van der Waals surface area contributed by atoms with E-state index in [0.29, 0.717) is 48.9 Å². The van der Waals surface area contributed by atoms with Gasteiger partial charge < -0.3 is 4.90 Å². The van der Waals surface area contributed by atoms with Gasteiger partial charge in [0.15, 0.2) is 0 Å². The summed E-state index contributed by atoms with van der Waals surface area (Å²) in [5.41, 5.74) is 3.70. The number of likely N-dealkylation sites (tertiary alicyclic amines) is 1. The van der Waals surface area contributed by atoms with Crippen molar-refractivity contribution in [3.05, 3.63) is 63.5 Å². The van der Waals surface area contributed by atoms with E-state index in [1.807, 2.05) is 42.2 Å². The van der Waals surface area contributed by atoms with E-state index in [9.17, 15) is 9.59 Å². The molecular weight excluding hydrogens is 424 g/mol. The zero-order valence-electron chi connectivity index (χ0n) is 18.1. The fourth-order valence-corrected chi connectivity index (χ4v) is 5.07. The Bertz CT molecular complexity index is 1180.